The zero-order valence-electron chi connectivity index (χ0n) is 18.2. The topological polar surface area (TPSA) is 139 Å². The summed E-state index contributed by atoms with van der Waals surface area (Å²) in [5.41, 5.74) is 1.22. The van der Waals surface area contributed by atoms with Crippen LogP contribution >= 0.6 is 0 Å². The molecule has 10 heteroatoms. The van der Waals surface area contributed by atoms with Crippen LogP contribution in [0, 0.1) is 35.3 Å². The number of rotatable bonds is 7. The number of anilines is 1. The van der Waals surface area contributed by atoms with Gasteiger partial charge in [-0.05, 0) is 43.7 Å². The van der Waals surface area contributed by atoms with Crippen LogP contribution < -0.4 is 9.50 Å². The molecular formula is C24H19N3O6S. The molecule has 0 aliphatic heterocycles. The third-order valence-corrected chi connectivity index (χ3v) is 6.02. The number of nitrogens with zero attached hydrogens (tertiary/aromatic N) is 2. The monoisotopic (exact) mass is 477 g/mol. The molecule has 0 radical (unpaired) electrons. The summed E-state index contributed by atoms with van der Waals surface area (Å²) in [6.07, 6.45) is 1.18. The summed E-state index contributed by atoms with van der Waals surface area (Å²) in [5.74, 6) is -0.891. The Hall–Kier alpha value is -4.49. The Kier molecular flexibility index (Phi) is 7.09. The summed E-state index contributed by atoms with van der Waals surface area (Å²) in [7, 11) is -4.16. The number of hydrogen-bond donors (Lipinski definition) is 1. The molecule has 0 saturated carbocycles. The number of nitro groups is 1. The SMILES string of the molecule is Cc1ccc(S(=O)(=O)Oc2ccccc2/C=C(\C#N)C(=O)Nc2cc([N+](=O)[O-])ccc2C)cc1. The van der Waals surface area contributed by atoms with Crippen molar-refractivity contribution in [1.29, 1.82) is 5.26 Å². The van der Waals surface area contributed by atoms with Crippen molar-refractivity contribution in [2.45, 2.75) is 18.7 Å². The van der Waals surface area contributed by atoms with Crippen LogP contribution in [-0.2, 0) is 14.9 Å². The number of nitro benzene ring substituents is 1. The highest BCUT2D eigenvalue weighted by Crippen LogP contribution is 2.26. The van der Waals surface area contributed by atoms with E-state index >= 15 is 0 Å². The second kappa shape index (κ2) is 9.97. The Morgan fingerprint density at radius 1 is 1.09 bits per heavy atom. The molecule has 0 fully saturated rings. The molecule has 0 unspecified atom stereocenters. The van der Waals surface area contributed by atoms with Crippen LogP contribution in [0.3, 0.4) is 0 Å². The van der Waals surface area contributed by atoms with Crippen molar-refractivity contribution in [2.24, 2.45) is 0 Å². The van der Waals surface area contributed by atoms with Gasteiger partial charge in [-0.3, -0.25) is 14.9 Å². The van der Waals surface area contributed by atoms with Gasteiger partial charge in [-0.1, -0.05) is 42.0 Å². The van der Waals surface area contributed by atoms with Crippen LogP contribution in [-0.4, -0.2) is 19.2 Å². The number of amides is 1. The van der Waals surface area contributed by atoms with E-state index in [2.05, 4.69) is 5.32 Å². The highest BCUT2D eigenvalue weighted by molar-refractivity contribution is 7.87. The predicted molar refractivity (Wildman–Crippen MR) is 125 cm³/mol. The lowest BCUT2D eigenvalue weighted by molar-refractivity contribution is -0.384. The molecule has 9 nitrogen and oxygen atoms in total. The smallest absolute Gasteiger partial charge is 0.339 e. The average Bonchev–Trinajstić information content (AvgIpc) is 2.79. The fourth-order valence-electron chi connectivity index (χ4n) is 2.90. The standard InChI is InChI=1S/C24H19N3O6S/c1-16-7-11-21(12-8-16)34(31,32)33-23-6-4-3-5-18(23)13-19(15-25)24(28)26-22-14-20(27(29)30)10-9-17(22)2/h3-14H,1-2H3,(H,26,28)/b19-13+. The maximum Gasteiger partial charge on any atom is 0.339 e. The summed E-state index contributed by atoms with van der Waals surface area (Å²) in [6, 6.07) is 17.9. The normalized spacial score (nSPS) is 11.4. The van der Waals surface area contributed by atoms with E-state index in [0.29, 0.717) is 5.56 Å². The Balaban J connectivity index is 1.91. The fraction of sp³-hybridized carbons (Fsp3) is 0.0833. The quantitative estimate of drug-likeness (QED) is 0.173. The molecule has 0 spiro atoms. The van der Waals surface area contributed by atoms with E-state index in [4.69, 9.17) is 4.18 Å². The summed E-state index contributed by atoms with van der Waals surface area (Å²) in [5, 5.41) is 23.0. The van der Waals surface area contributed by atoms with Gasteiger partial charge in [-0.25, -0.2) is 0 Å². The van der Waals surface area contributed by atoms with Crippen LogP contribution in [0.4, 0.5) is 11.4 Å². The van der Waals surface area contributed by atoms with Gasteiger partial charge in [-0.15, -0.1) is 0 Å². The number of benzene rings is 3. The second-order valence-electron chi connectivity index (χ2n) is 7.27. The minimum absolute atomic E-state index is 0.0451. The summed E-state index contributed by atoms with van der Waals surface area (Å²) < 4.78 is 30.6. The van der Waals surface area contributed by atoms with Crippen LogP contribution in [0.2, 0.25) is 0 Å². The molecule has 1 N–H and O–H groups in total. The number of carbonyl (C=O) groups excluding carboxylic acids is 1. The molecule has 0 bridgehead atoms. The molecule has 0 heterocycles. The molecule has 1 amide bonds. The van der Waals surface area contributed by atoms with Crippen LogP contribution in [0.5, 0.6) is 5.75 Å². The molecule has 0 saturated heterocycles. The largest absolute Gasteiger partial charge is 0.378 e. The lowest BCUT2D eigenvalue weighted by Gasteiger charge is -2.11. The molecule has 0 atom stereocenters. The Labute approximate surface area is 196 Å². The van der Waals surface area contributed by atoms with Gasteiger partial charge >= 0.3 is 10.1 Å². The molecule has 34 heavy (non-hydrogen) atoms. The van der Waals surface area contributed by atoms with E-state index < -0.39 is 20.9 Å². The van der Waals surface area contributed by atoms with E-state index in [0.717, 1.165) is 5.56 Å². The number of carbonyl (C=O) groups is 1. The first-order valence-corrected chi connectivity index (χ1v) is 11.3. The first kappa shape index (κ1) is 24.2. The van der Waals surface area contributed by atoms with E-state index in [9.17, 15) is 28.6 Å². The van der Waals surface area contributed by atoms with Gasteiger partial charge in [0.05, 0.1) is 10.6 Å². The maximum atomic E-state index is 12.7. The van der Waals surface area contributed by atoms with Crippen LogP contribution in [0.25, 0.3) is 6.08 Å². The molecule has 172 valence electrons. The first-order valence-electron chi connectivity index (χ1n) is 9.89. The first-order chi connectivity index (χ1) is 16.1. The second-order valence-corrected chi connectivity index (χ2v) is 8.81. The number of para-hydroxylation sites is 1. The van der Waals surface area contributed by atoms with Gasteiger partial charge in [-0.2, -0.15) is 13.7 Å². The van der Waals surface area contributed by atoms with Crippen molar-refractivity contribution in [3.63, 3.8) is 0 Å². The van der Waals surface area contributed by atoms with Gasteiger partial charge in [0.15, 0.2) is 0 Å². The van der Waals surface area contributed by atoms with Gasteiger partial charge < -0.3 is 9.50 Å². The summed E-state index contributed by atoms with van der Waals surface area (Å²) in [4.78, 5) is 23.1. The van der Waals surface area contributed by atoms with Crippen molar-refractivity contribution in [3.05, 3.63) is 99.1 Å². The lowest BCUT2D eigenvalue weighted by Crippen LogP contribution is -2.15. The molecule has 3 aromatic rings. The third-order valence-electron chi connectivity index (χ3n) is 4.77. The number of hydrogen-bond acceptors (Lipinski definition) is 7. The van der Waals surface area contributed by atoms with Crippen molar-refractivity contribution in [2.75, 3.05) is 5.32 Å². The van der Waals surface area contributed by atoms with Crippen molar-refractivity contribution >= 4 is 33.5 Å². The van der Waals surface area contributed by atoms with Crippen molar-refractivity contribution < 1.29 is 22.3 Å². The molecule has 0 aliphatic carbocycles. The molecule has 0 aromatic heterocycles. The average molecular weight is 477 g/mol. The maximum absolute atomic E-state index is 12.7. The highest BCUT2D eigenvalue weighted by atomic mass is 32.2. The van der Waals surface area contributed by atoms with Gasteiger partial charge in [0.25, 0.3) is 11.6 Å². The molecular weight excluding hydrogens is 458 g/mol. The lowest BCUT2D eigenvalue weighted by atomic mass is 10.1. The summed E-state index contributed by atoms with van der Waals surface area (Å²) in [6.45, 7) is 3.47. The fourth-order valence-corrected chi connectivity index (χ4v) is 3.85. The van der Waals surface area contributed by atoms with E-state index in [1.807, 2.05) is 6.92 Å². The van der Waals surface area contributed by atoms with Gasteiger partial charge in [0, 0.05) is 17.7 Å². The molecule has 0 aliphatic rings. The number of aryl methyl sites for hydroxylation is 2. The predicted octanol–water partition coefficient (Wildman–Crippen LogP) is 4.53. The number of non-ortho nitro benzene ring substituents is 1. The Bertz CT molecular complexity index is 1440. The van der Waals surface area contributed by atoms with Gasteiger partial charge in [0.2, 0.25) is 0 Å². The minimum atomic E-state index is -4.16. The molecule has 3 aromatic carbocycles. The minimum Gasteiger partial charge on any atom is -0.378 e. The number of nitrogens with one attached hydrogen (secondary N) is 1. The van der Waals surface area contributed by atoms with Crippen LogP contribution in [0.1, 0.15) is 16.7 Å². The van der Waals surface area contributed by atoms with E-state index in [1.54, 1.807) is 37.3 Å². The van der Waals surface area contributed by atoms with E-state index in [-0.39, 0.29) is 33.2 Å². The zero-order valence-corrected chi connectivity index (χ0v) is 19.0. The van der Waals surface area contributed by atoms with Crippen molar-refractivity contribution in [3.8, 4) is 11.8 Å². The Morgan fingerprint density at radius 2 is 1.76 bits per heavy atom. The van der Waals surface area contributed by atoms with E-state index in [1.165, 1.54) is 48.5 Å². The highest BCUT2D eigenvalue weighted by Gasteiger charge is 2.19. The Morgan fingerprint density at radius 3 is 2.41 bits per heavy atom. The van der Waals surface area contributed by atoms with Crippen LogP contribution in [0.15, 0.2) is 77.2 Å². The summed E-state index contributed by atoms with van der Waals surface area (Å²) >= 11 is 0. The number of nitriles is 1. The molecule has 3 rings (SSSR count). The van der Waals surface area contributed by atoms with Gasteiger partial charge in [0.1, 0.15) is 22.3 Å². The third kappa shape index (κ3) is 5.65. The van der Waals surface area contributed by atoms with Crippen molar-refractivity contribution in [1.82, 2.24) is 0 Å². The zero-order chi connectivity index (χ0) is 24.9.